The summed E-state index contributed by atoms with van der Waals surface area (Å²) >= 11 is 0. The zero-order valence-corrected chi connectivity index (χ0v) is 22.3. The van der Waals surface area contributed by atoms with E-state index in [1.807, 2.05) is 81.4 Å². The summed E-state index contributed by atoms with van der Waals surface area (Å²) in [4.78, 5) is 51.5. The van der Waals surface area contributed by atoms with Crippen molar-refractivity contribution in [2.75, 3.05) is 6.54 Å². The average molecular weight is 522 g/mol. The summed E-state index contributed by atoms with van der Waals surface area (Å²) in [5.74, 6) is -1.83. The van der Waals surface area contributed by atoms with Crippen molar-refractivity contribution in [3.63, 3.8) is 0 Å². The molecule has 1 heterocycles. The molecule has 6 N–H and O–H groups in total. The second-order valence-electron chi connectivity index (χ2n) is 10.9. The van der Waals surface area contributed by atoms with Crippen LogP contribution in [0.1, 0.15) is 44.7 Å². The van der Waals surface area contributed by atoms with Gasteiger partial charge in [-0.2, -0.15) is 0 Å². The minimum Gasteiger partial charge on any atom is -0.368 e. The van der Waals surface area contributed by atoms with Crippen LogP contribution in [-0.2, 0) is 32.0 Å². The molecule has 0 radical (unpaired) electrons. The maximum absolute atomic E-state index is 13.7. The van der Waals surface area contributed by atoms with Gasteiger partial charge in [0.1, 0.15) is 12.1 Å². The van der Waals surface area contributed by atoms with Gasteiger partial charge in [-0.3, -0.25) is 24.5 Å². The van der Waals surface area contributed by atoms with Crippen LogP contribution in [0.3, 0.4) is 0 Å². The number of benzene rings is 2. The molecule has 3 rings (SSSR count). The minimum absolute atomic E-state index is 0.111. The van der Waals surface area contributed by atoms with Gasteiger partial charge in [-0.1, -0.05) is 60.7 Å². The maximum atomic E-state index is 13.7. The Kier molecular flexibility index (Phi) is 10.0. The molecule has 1 aliphatic heterocycles. The molecule has 4 atom stereocenters. The van der Waals surface area contributed by atoms with E-state index in [-0.39, 0.29) is 37.0 Å². The summed E-state index contributed by atoms with van der Waals surface area (Å²) in [7, 11) is 0. The van der Waals surface area contributed by atoms with Gasteiger partial charge in [-0.05, 0) is 44.7 Å². The van der Waals surface area contributed by atoms with Crippen molar-refractivity contribution in [1.82, 2.24) is 21.3 Å². The number of primary amides is 1. The highest BCUT2D eigenvalue weighted by molar-refractivity contribution is 5.90. The van der Waals surface area contributed by atoms with Crippen molar-refractivity contribution in [2.24, 2.45) is 11.7 Å². The zero-order chi connectivity index (χ0) is 27.7. The fourth-order valence-corrected chi connectivity index (χ4v) is 4.66. The fourth-order valence-electron chi connectivity index (χ4n) is 4.66. The van der Waals surface area contributed by atoms with Crippen LogP contribution < -0.4 is 27.0 Å². The normalized spacial score (nSPS) is 17.7. The van der Waals surface area contributed by atoms with Crippen LogP contribution in [0.5, 0.6) is 0 Å². The first-order chi connectivity index (χ1) is 18.0. The highest BCUT2D eigenvalue weighted by Gasteiger charge is 2.37. The van der Waals surface area contributed by atoms with E-state index in [2.05, 4.69) is 21.3 Å². The van der Waals surface area contributed by atoms with Gasteiger partial charge in [-0.25, -0.2) is 0 Å². The van der Waals surface area contributed by atoms with Gasteiger partial charge in [0.2, 0.25) is 23.6 Å². The van der Waals surface area contributed by atoms with Crippen molar-refractivity contribution >= 4 is 23.6 Å². The van der Waals surface area contributed by atoms with E-state index in [0.29, 0.717) is 13.0 Å². The molecule has 0 bridgehead atoms. The van der Waals surface area contributed by atoms with Gasteiger partial charge in [0.05, 0.1) is 12.5 Å². The Morgan fingerprint density at radius 2 is 1.58 bits per heavy atom. The maximum Gasteiger partial charge on any atom is 0.243 e. The van der Waals surface area contributed by atoms with E-state index < -0.39 is 35.5 Å². The number of hydrogen-bond donors (Lipinski definition) is 5. The average Bonchev–Trinajstić information content (AvgIpc) is 3.26. The Hall–Kier alpha value is -3.72. The molecule has 0 spiro atoms. The van der Waals surface area contributed by atoms with Gasteiger partial charge in [0.15, 0.2) is 0 Å². The van der Waals surface area contributed by atoms with Gasteiger partial charge >= 0.3 is 0 Å². The van der Waals surface area contributed by atoms with Crippen LogP contribution in [0.25, 0.3) is 0 Å². The lowest BCUT2D eigenvalue weighted by Crippen LogP contribution is -2.63. The first-order valence-electron chi connectivity index (χ1n) is 13.0. The van der Waals surface area contributed by atoms with Crippen molar-refractivity contribution in [1.29, 1.82) is 0 Å². The van der Waals surface area contributed by atoms with E-state index in [0.717, 1.165) is 11.1 Å². The third kappa shape index (κ3) is 8.99. The minimum atomic E-state index is -0.912. The van der Waals surface area contributed by atoms with Crippen LogP contribution in [0, 0.1) is 5.92 Å². The van der Waals surface area contributed by atoms with Crippen LogP contribution in [0.2, 0.25) is 0 Å². The summed E-state index contributed by atoms with van der Waals surface area (Å²) < 4.78 is 0. The lowest BCUT2D eigenvalue weighted by molar-refractivity contribution is -0.130. The molecule has 0 aromatic heterocycles. The molecule has 1 fully saturated rings. The zero-order valence-electron chi connectivity index (χ0n) is 22.3. The summed E-state index contributed by atoms with van der Waals surface area (Å²) in [5.41, 5.74) is 7.00. The molecule has 0 saturated carbocycles. The van der Waals surface area contributed by atoms with E-state index in [1.165, 1.54) is 0 Å². The molecular formula is C29H39N5O4. The van der Waals surface area contributed by atoms with E-state index in [4.69, 9.17) is 5.73 Å². The number of hydrogen-bond acceptors (Lipinski definition) is 5. The number of nitrogens with two attached hydrogens (primary N) is 1. The Labute approximate surface area is 224 Å². The number of rotatable bonds is 12. The Bertz CT molecular complexity index is 1100. The molecule has 2 aromatic rings. The van der Waals surface area contributed by atoms with E-state index in [1.54, 1.807) is 0 Å². The number of nitrogens with one attached hydrogen (secondary N) is 4. The number of carbonyl (C=O) groups is 4. The van der Waals surface area contributed by atoms with Crippen molar-refractivity contribution in [3.8, 4) is 0 Å². The van der Waals surface area contributed by atoms with Gasteiger partial charge in [0.25, 0.3) is 0 Å². The lowest BCUT2D eigenvalue weighted by atomic mass is 9.91. The number of carbonyl (C=O) groups excluding carboxylic acids is 4. The molecule has 9 heteroatoms. The van der Waals surface area contributed by atoms with Gasteiger partial charge in [-0.15, -0.1) is 0 Å². The second-order valence-corrected chi connectivity index (χ2v) is 10.9. The van der Waals surface area contributed by atoms with E-state index in [9.17, 15) is 19.2 Å². The molecule has 0 unspecified atom stereocenters. The summed E-state index contributed by atoms with van der Waals surface area (Å²) in [6.45, 7) is 6.23. The largest absolute Gasteiger partial charge is 0.368 e. The molecule has 9 nitrogen and oxygen atoms in total. The third-order valence-corrected chi connectivity index (χ3v) is 6.47. The Balaban J connectivity index is 1.83. The van der Waals surface area contributed by atoms with Crippen molar-refractivity contribution in [3.05, 3.63) is 71.8 Å². The van der Waals surface area contributed by atoms with Gasteiger partial charge in [0, 0.05) is 24.4 Å². The second kappa shape index (κ2) is 13.2. The van der Waals surface area contributed by atoms with E-state index >= 15 is 0 Å². The monoisotopic (exact) mass is 521 g/mol. The Morgan fingerprint density at radius 3 is 2.11 bits per heavy atom. The lowest BCUT2D eigenvalue weighted by Gasteiger charge is -2.34. The fraction of sp³-hybridized carbons (Fsp3) is 0.448. The molecule has 1 saturated heterocycles. The molecule has 38 heavy (non-hydrogen) atoms. The standard InChI is InChI=1S/C29H39N5O4/c1-29(2,3)34-25(26(30)36)22(18-21-14-15-31-27(21)37)33-28(38)23(16-19-10-6-4-7-11-19)32-24(35)17-20-12-8-5-9-13-20/h4-13,21-23,25,34H,14-18H2,1-3H3,(H2,30,36)(H,31,37)(H,32,35)(H,33,38)/t21-,22-,23-,25-/m0/s1. The topological polar surface area (TPSA) is 142 Å². The summed E-state index contributed by atoms with van der Waals surface area (Å²) in [6.07, 6.45) is 1.23. The predicted molar refractivity (Wildman–Crippen MR) is 146 cm³/mol. The molecular weight excluding hydrogens is 482 g/mol. The molecule has 0 aliphatic carbocycles. The highest BCUT2D eigenvalue weighted by Crippen LogP contribution is 2.19. The molecule has 2 aromatic carbocycles. The van der Waals surface area contributed by atoms with Crippen LogP contribution in [0.15, 0.2) is 60.7 Å². The molecule has 4 amide bonds. The van der Waals surface area contributed by atoms with Gasteiger partial charge < -0.3 is 21.7 Å². The Morgan fingerprint density at radius 1 is 0.974 bits per heavy atom. The predicted octanol–water partition coefficient (Wildman–Crippen LogP) is 1.21. The molecule has 1 aliphatic rings. The quantitative estimate of drug-likeness (QED) is 0.285. The van der Waals surface area contributed by atoms with Crippen LogP contribution in [-0.4, -0.2) is 53.8 Å². The first-order valence-corrected chi connectivity index (χ1v) is 13.0. The highest BCUT2D eigenvalue weighted by atomic mass is 16.2. The summed E-state index contributed by atoms with van der Waals surface area (Å²) in [6, 6.07) is 16.1. The van der Waals surface area contributed by atoms with Crippen molar-refractivity contribution < 1.29 is 19.2 Å². The SMILES string of the molecule is CC(C)(C)N[C@H](C(N)=O)[C@H](C[C@@H]1CCNC1=O)NC(=O)[C@H](Cc1ccccc1)NC(=O)Cc1ccccc1. The van der Waals surface area contributed by atoms with Crippen LogP contribution >= 0.6 is 0 Å². The first kappa shape index (κ1) is 28.8. The smallest absolute Gasteiger partial charge is 0.243 e. The van der Waals surface area contributed by atoms with Crippen LogP contribution in [0.4, 0.5) is 0 Å². The number of amides is 4. The summed E-state index contributed by atoms with van der Waals surface area (Å²) in [5, 5.41) is 11.8. The van der Waals surface area contributed by atoms with Crippen molar-refractivity contribution in [2.45, 2.75) is 70.1 Å². The third-order valence-electron chi connectivity index (χ3n) is 6.47. The molecule has 204 valence electrons.